The van der Waals surface area contributed by atoms with E-state index >= 15 is 0 Å². The second kappa shape index (κ2) is 6.87. The quantitative estimate of drug-likeness (QED) is 0.802. The molecule has 0 heterocycles. The minimum absolute atomic E-state index is 0.143. The van der Waals surface area contributed by atoms with Gasteiger partial charge in [0.05, 0.1) is 10.6 Å². The molecule has 1 aromatic rings. The Kier molecular flexibility index (Phi) is 5.79. The lowest BCUT2D eigenvalue weighted by molar-refractivity contribution is 0.0952. The van der Waals surface area contributed by atoms with Crippen molar-refractivity contribution in [2.45, 2.75) is 26.7 Å². The summed E-state index contributed by atoms with van der Waals surface area (Å²) in [4.78, 5) is 11.8. The van der Waals surface area contributed by atoms with Crippen LogP contribution in [0.1, 0.15) is 37.0 Å². The van der Waals surface area contributed by atoms with Gasteiger partial charge >= 0.3 is 0 Å². The van der Waals surface area contributed by atoms with Crippen molar-refractivity contribution in [1.29, 1.82) is 0 Å². The smallest absolute Gasteiger partial charge is 0.252 e. The van der Waals surface area contributed by atoms with Crippen LogP contribution >= 0.6 is 23.2 Å². The fourth-order valence-corrected chi connectivity index (χ4v) is 1.98. The van der Waals surface area contributed by atoms with Gasteiger partial charge < -0.3 is 5.32 Å². The number of amides is 1. The van der Waals surface area contributed by atoms with E-state index in [1.54, 1.807) is 18.2 Å². The monoisotopic (exact) mass is 273 g/mol. The number of nitrogens with one attached hydrogen (secondary N) is 1. The molecule has 0 spiro atoms. The molecule has 0 aliphatic carbocycles. The minimum Gasteiger partial charge on any atom is -0.352 e. The number of carbonyl (C=O) groups is 1. The summed E-state index contributed by atoms with van der Waals surface area (Å²) in [5, 5.41) is 3.77. The Balaban J connectivity index is 2.47. The lowest BCUT2D eigenvalue weighted by atomic mass is 10.1. The maximum Gasteiger partial charge on any atom is 0.252 e. The molecule has 1 amide bonds. The Morgan fingerprint density at radius 1 is 1.35 bits per heavy atom. The number of hydrogen-bond donors (Lipinski definition) is 1. The van der Waals surface area contributed by atoms with E-state index in [9.17, 15) is 4.79 Å². The molecule has 0 radical (unpaired) electrons. The fourth-order valence-electron chi connectivity index (χ4n) is 1.48. The Bertz CT molecular complexity index is 391. The van der Waals surface area contributed by atoms with Crippen LogP contribution in [0.25, 0.3) is 0 Å². The molecule has 0 aliphatic heterocycles. The Morgan fingerprint density at radius 3 is 2.65 bits per heavy atom. The van der Waals surface area contributed by atoms with Crippen LogP contribution in [-0.2, 0) is 0 Å². The first kappa shape index (κ1) is 14.3. The van der Waals surface area contributed by atoms with E-state index in [1.165, 1.54) is 0 Å². The summed E-state index contributed by atoms with van der Waals surface area (Å²) in [7, 11) is 0. The van der Waals surface area contributed by atoms with Crippen molar-refractivity contribution in [2.75, 3.05) is 6.54 Å². The van der Waals surface area contributed by atoms with Crippen LogP contribution in [0.3, 0.4) is 0 Å². The zero-order chi connectivity index (χ0) is 12.8. The van der Waals surface area contributed by atoms with Gasteiger partial charge in [-0.3, -0.25) is 4.79 Å². The van der Waals surface area contributed by atoms with Crippen molar-refractivity contribution in [1.82, 2.24) is 5.32 Å². The van der Waals surface area contributed by atoms with E-state index in [4.69, 9.17) is 23.2 Å². The van der Waals surface area contributed by atoms with Gasteiger partial charge in [-0.25, -0.2) is 0 Å². The van der Waals surface area contributed by atoms with E-state index in [0.717, 1.165) is 12.8 Å². The molecule has 0 fully saturated rings. The SMILES string of the molecule is CC(C)CCCNC(=O)c1ccc(Cl)cc1Cl. The molecule has 94 valence electrons. The van der Waals surface area contributed by atoms with Crippen molar-refractivity contribution in [3.05, 3.63) is 33.8 Å². The van der Waals surface area contributed by atoms with Gasteiger partial charge in [0.15, 0.2) is 0 Å². The largest absolute Gasteiger partial charge is 0.352 e. The summed E-state index contributed by atoms with van der Waals surface area (Å²) in [6.07, 6.45) is 2.09. The highest BCUT2D eigenvalue weighted by atomic mass is 35.5. The number of hydrogen-bond acceptors (Lipinski definition) is 1. The summed E-state index contributed by atoms with van der Waals surface area (Å²) in [6, 6.07) is 4.88. The first-order valence-corrected chi connectivity index (χ1v) is 6.49. The zero-order valence-corrected chi connectivity index (χ0v) is 11.6. The summed E-state index contributed by atoms with van der Waals surface area (Å²) in [6.45, 7) is 5.01. The fraction of sp³-hybridized carbons (Fsp3) is 0.462. The lowest BCUT2D eigenvalue weighted by Crippen LogP contribution is -2.24. The standard InChI is InChI=1S/C13H17Cl2NO/c1-9(2)4-3-7-16-13(17)11-6-5-10(14)8-12(11)15/h5-6,8-9H,3-4,7H2,1-2H3,(H,16,17). The molecule has 0 unspecified atom stereocenters. The van der Waals surface area contributed by atoms with Gasteiger partial charge in [0.1, 0.15) is 0 Å². The summed E-state index contributed by atoms with van der Waals surface area (Å²) in [5.41, 5.74) is 0.473. The third-order valence-electron chi connectivity index (χ3n) is 2.42. The number of benzene rings is 1. The predicted molar refractivity (Wildman–Crippen MR) is 72.9 cm³/mol. The van der Waals surface area contributed by atoms with Crippen molar-refractivity contribution in [3.63, 3.8) is 0 Å². The minimum atomic E-state index is -0.143. The highest BCUT2D eigenvalue weighted by Gasteiger charge is 2.09. The van der Waals surface area contributed by atoms with Gasteiger partial charge in [0.25, 0.3) is 5.91 Å². The topological polar surface area (TPSA) is 29.1 Å². The molecule has 17 heavy (non-hydrogen) atoms. The van der Waals surface area contributed by atoms with Crippen LogP contribution in [0.2, 0.25) is 10.0 Å². The Morgan fingerprint density at radius 2 is 2.06 bits per heavy atom. The normalized spacial score (nSPS) is 10.6. The van der Waals surface area contributed by atoms with Gasteiger partial charge in [-0.05, 0) is 37.0 Å². The highest BCUT2D eigenvalue weighted by molar-refractivity contribution is 6.36. The molecule has 4 heteroatoms. The van der Waals surface area contributed by atoms with E-state index in [1.807, 2.05) is 0 Å². The highest BCUT2D eigenvalue weighted by Crippen LogP contribution is 2.20. The average molecular weight is 274 g/mol. The second-order valence-electron chi connectivity index (χ2n) is 4.42. The van der Waals surface area contributed by atoms with E-state index < -0.39 is 0 Å². The Hall–Kier alpha value is -0.730. The van der Waals surface area contributed by atoms with Gasteiger partial charge in [0.2, 0.25) is 0 Å². The first-order chi connectivity index (χ1) is 8.00. The molecular formula is C13H17Cl2NO. The molecule has 0 aromatic heterocycles. The summed E-state index contributed by atoms with van der Waals surface area (Å²) in [5.74, 6) is 0.515. The van der Waals surface area contributed by atoms with Crippen LogP contribution in [0, 0.1) is 5.92 Å². The molecular weight excluding hydrogens is 257 g/mol. The second-order valence-corrected chi connectivity index (χ2v) is 5.26. The summed E-state index contributed by atoms with van der Waals surface area (Å²) < 4.78 is 0. The van der Waals surface area contributed by atoms with Crippen LogP contribution in [0.4, 0.5) is 0 Å². The molecule has 1 N–H and O–H groups in total. The van der Waals surface area contributed by atoms with Gasteiger partial charge in [-0.15, -0.1) is 0 Å². The maximum absolute atomic E-state index is 11.8. The molecule has 0 saturated carbocycles. The number of halogens is 2. The van der Waals surface area contributed by atoms with Crippen LogP contribution in [-0.4, -0.2) is 12.5 Å². The number of carbonyl (C=O) groups excluding carboxylic acids is 1. The van der Waals surface area contributed by atoms with Crippen molar-refractivity contribution in [3.8, 4) is 0 Å². The van der Waals surface area contributed by atoms with Crippen LogP contribution in [0.15, 0.2) is 18.2 Å². The molecule has 1 rings (SSSR count). The third-order valence-corrected chi connectivity index (χ3v) is 2.97. The van der Waals surface area contributed by atoms with E-state index in [2.05, 4.69) is 19.2 Å². The molecule has 0 bridgehead atoms. The van der Waals surface area contributed by atoms with Gasteiger partial charge in [-0.1, -0.05) is 37.0 Å². The molecule has 1 aromatic carbocycles. The van der Waals surface area contributed by atoms with Crippen LogP contribution in [0.5, 0.6) is 0 Å². The summed E-state index contributed by atoms with van der Waals surface area (Å²) >= 11 is 11.7. The molecule has 2 nitrogen and oxygen atoms in total. The first-order valence-electron chi connectivity index (χ1n) is 5.74. The van der Waals surface area contributed by atoms with Crippen molar-refractivity contribution < 1.29 is 4.79 Å². The zero-order valence-electron chi connectivity index (χ0n) is 10.1. The van der Waals surface area contributed by atoms with Crippen molar-refractivity contribution in [2.24, 2.45) is 5.92 Å². The van der Waals surface area contributed by atoms with Gasteiger partial charge in [-0.2, -0.15) is 0 Å². The van der Waals surface area contributed by atoms with Crippen molar-refractivity contribution >= 4 is 29.1 Å². The number of rotatable bonds is 5. The van der Waals surface area contributed by atoms with Gasteiger partial charge in [0, 0.05) is 11.6 Å². The average Bonchev–Trinajstić information content (AvgIpc) is 2.23. The van der Waals surface area contributed by atoms with E-state index in [-0.39, 0.29) is 5.91 Å². The third kappa shape index (κ3) is 4.97. The molecule has 0 aliphatic rings. The predicted octanol–water partition coefficient (Wildman–Crippen LogP) is 4.16. The van der Waals surface area contributed by atoms with E-state index in [0.29, 0.717) is 28.1 Å². The lowest BCUT2D eigenvalue weighted by Gasteiger charge is -2.08. The van der Waals surface area contributed by atoms with Crippen LogP contribution < -0.4 is 5.32 Å². The molecule has 0 atom stereocenters. The Labute approximate surface area is 112 Å². The maximum atomic E-state index is 11.8. The molecule has 0 saturated heterocycles.